The molecule has 0 fully saturated rings. The highest BCUT2D eigenvalue weighted by Crippen LogP contribution is 2.35. The molecule has 0 aromatic heterocycles. The van der Waals surface area contributed by atoms with E-state index < -0.39 is 0 Å². The van der Waals surface area contributed by atoms with Crippen LogP contribution in [0.15, 0.2) is 12.1 Å². The summed E-state index contributed by atoms with van der Waals surface area (Å²) in [5, 5.41) is 0. The van der Waals surface area contributed by atoms with Crippen molar-refractivity contribution in [3.63, 3.8) is 0 Å². The Morgan fingerprint density at radius 3 is 3.00 bits per heavy atom. The molecule has 4 N–H and O–H groups in total. The van der Waals surface area contributed by atoms with E-state index in [-0.39, 0.29) is 6.04 Å². The molecule has 1 atom stereocenters. The lowest BCUT2D eigenvalue weighted by Gasteiger charge is -2.04. The van der Waals surface area contributed by atoms with Gasteiger partial charge in [-0.25, -0.2) is 0 Å². The van der Waals surface area contributed by atoms with E-state index in [4.69, 9.17) is 16.2 Å². The molecule has 0 saturated heterocycles. The van der Waals surface area contributed by atoms with Gasteiger partial charge in [0.05, 0.1) is 6.04 Å². The van der Waals surface area contributed by atoms with Gasteiger partial charge >= 0.3 is 0 Å². The van der Waals surface area contributed by atoms with Crippen molar-refractivity contribution in [3.05, 3.63) is 23.3 Å². The molecule has 64 valence electrons. The van der Waals surface area contributed by atoms with Crippen LogP contribution in [0.1, 0.15) is 17.2 Å². The van der Waals surface area contributed by atoms with Crippen molar-refractivity contribution in [2.24, 2.45) is 5.73 Å². The van der Waals surface area contributed by atoms with Crippen molar-refractivity contribution < 1.29 is 4.74 Å². The Kier molecular flexibility index (Phi) is 1.48. The van der Waals surface area contributed by atoms with E-state index in [0.29, 0.717) is 6.61 Å². The number of nitrogens with two attached hydrogens (primary N) is 2. The van der Waals surface area contributed by atoms with Crippen LogP contribution in [0, 0.1) is 6.92 Å². The molecule has 3 nitrogen and oxygen atoms in total. The third kappa shape index (κ3) is 0.940. The highest BCUT2D eigenvalue weighted by molar-refractivity contribution is 5.55. The summed E-state index contributed by atoms with van der Waals surface area (Å²) in [6.45, 7) is 2.55. The zero-order valence-corrected chi connectivity index (χ0v) is 7.00. The molecule has 2 rings (SSSR count). The average molecular weight is 164 g/mol. The summed E-state index contributed by atoms with van der Waals surface area (Å²) in [5.74, 6) is 0.914. The summed E-state index contributed by atoms with van der Waals surface area (Å²) in [6.07, 6.45) is 0. The fourth-order valence-electron chi connectivity index (χ4n) is 1.57. The van der Waals surface area contributed by atoms with Crippen molar-refractivity contribution in [2.75, 3.05) is 12.3 Å². The normalized spacial score (nSPS) is 20.3. The van der Waals surface area contributed by atoms with Crippen LogP contribution in [0.25, 0.3) is 0 Å². The van der Waals surface area contributed by atoms with Crippen molar-refractivity contribution in [1.82, 2.24) is 0 Å². The first-order valence-electron chi connectivity index (χ1n) is 3.97. The van der Waals surface area contributed by atoms with Gasteiger partial charge in [0.15, 0.2) is 0 Å². The Balaban J connectivity index is 2.60. The molecule has 1 aliphatic rings. The Bertz CT molecular complexity index is 323. The molecule has 1 aromatic carbocycles. The Hall–Kier alpha value is -1.22. The number of benzene rings is 1. The summed E-state index contributed by atoms with van der Waals surface area (Å²) >= 11 is 0. The molecule has 0 bridgehead atoms. The van der Waals surface area contributed by atoms with Gasteiger partial charge in [0, 0.05) is 11.3 Å². The first-order chi connectivity index (χ1) is 5.68. The average Bonchev–Trinajstić information content (AvgIpc) is 2.33. The topological polar surface area (TPSA) is 61.3 Å². The molecule has 12 heavy (non-hydrogen) atoms. The van der Waals surface area contributed by atoms with Crippen molar-refractivity contribution in [3.8, 4) is 5.75 Å². The molecule has 1 aromatic rings. The van der Waals surface area contributed by atoms with Gasteiger partial charge < -0.3 is 16.2 Å². The van der Waals surface area contributed by atoms with E-state index in [2.05, 4.69) is 0 Å². The fourth-order valence-corrected chi connectivity index (χ4v) is 1.57. The minimum atomic E-state index is -0.0119. The zero-order chi connectivity index (χ0) is 8.72. The Morgan fingerprint density at radius 1 is 1.50 bits per heavy atom. The minimum Gasteiger partial charge on any atom is -0.491 e. The second kappa shape index (κ2) is 2.38. The maximum atomic E-state index is 5.80. The minimum absolute atomic E-state index is 0.0119. The van der Waals surface area contributed by atoms with Crippen LogP contribution < -0.4 is 16.2 Å². The summed E-state index contributed by atoms with van der Waals surface area (Å²) in [5.41, 5.74) is 14.3. The van der Waals surface area contributed by atoms with Crippen LogP contribution in [0.4, 0.5) is 5.69 Å². The summed E-state index contributed by atoms with van der Waals surface area (Å²) < 4.78 is 5.42. The van der Waals surface area contributed by atoms with Gasteiger partial charge in [-0.3, -0.25) is 0 Å². The first kappa shape index (κ1) is 7.43. The van der Waals surface area contributed by atoms with Gasteiger partial charge in [0.1, 0.15) is 12.4 Å². The summed E-state index contributed by atoms with van der Waals surface area (Å²) in [7, 11) is 0. The number of fused-ring (bicyclic) bond motifs is 1. The Morgan fingerprint density at radius 2 is 2.25 bits per heavy atom. The number of hydrogen-bond donors (Lipinski definition) is 2. The molecule has 1 heterocycles. The quantitative estimate of drug-likeness (QED) is 0.562. The number of rotatable bonds is 0. The molecule has 0 saturated carbocycles. The Labute approximate surface area is 71.3 Å². The lowest BCUT2D eigenvalue weighted by atomic mass is 10.1. The van der Waals surface area contributed by atoms with E-state index in [0.717, 1.165) is 22.6 Å². The lowest BCUT2D eigenvalue weighted by molar-refractivity contribution is 0.331. The number of hydrogen-bond acceptors (Lipinski definition) is 3. The highest BCUT2D eigenvalue weighted by Gasteiger charge is 2.22. The second-order valence-corrected chi connectivity index (χ2v) is 3.17. The fraction of sp³-hybridized carbons (Fsp3) is 0.333. The van der Waals surface area contributed by atoms with E-state index in [1.54, 1.807) is 0 Å². The molecule has 1 unspecified atom stereocenters. The number of ether oxygens (including phenoxy) is 1. The zero-order valence-electron chi connectivity index (χ0n) is 7.00. The third-order valence-corrected chi connectivity index (χ3v) is 2.13. The third-order valence-electron chi connectivity index (χ3n) is 2.13. The van der Waals surface area contributed by atoms with Gasteiger partial charge in [-0.1, -0.05) is 0 Å². The molecule has 0 amide bonds. The SMILES string of the molecule is Cc1cc(N)cc2c1OCC2N. The van der Waals surface area contributed by atoms with Crippen LogP contribution >= 0.6 is 0 Å². The van der Waals surface area contributed by atoms with Gasteiger partial charge in [0.25, 0.3) is 0 Å². The van der Waals surface area contributed by atoms with Crippen LogP contribution in [0.5, 0.6) is 5.75 Å². The summed E-state index contributed by atoms with van der Waals surface area (Å²) in [6, 6.07) is 3.78. The van der Waals surface area contributed by atoms with Gasteiger partial charge in [0.2, 0.25) is 0 Å². The van der Waals surface area contributed by atoms with Gasteiger partial charge in [-0.05, 0) is 24.6 Å². The van der Waals surface area contributed by atoms with Crippen LogP contribution in [-0.4, -0.2) is 6.61 Å². The number of aryl methyl sites for hydroxylation is 1. The number of anilines is 1. The van der Waals surface area contributed by atoms with Gasteiger partial charge in [-0.15, -0.1) is 0 Å². The van der Waals surface area contributed by atoms with Crippen LogP contribution in [0.2, 0.25) is 0 Å². The molecular formula is C9H12N2O. The lowest BCUT2D eigenvalue weighted by Crippen LogP contribution is -2.10. The molecule has 1 aliphatic heterocycles. The van der Waals surface area contributed by atoms with E-state index in [9.17, 15) is 0 Å². The summed E-state index contributed by atoms with van der Waals surface area (Å²) in [4.78, 5) is 0. The molecule has 0 aliphatic carbocycles. The van der Waals surface area contributed by atoms with Crippen molar-refractivity contribution in [1.29, 1.82) is 0 Å². The molecule has 0 radical (unpaired) electrons. The van der Waals surface area contributed by atoms with Crippen LogP contribution in [-0.2, 0) is 0 Å². The maximum absolute atomic E-state index is 5.80. The van der Waals surface area contributed by atoms with Gasteiger partial charge in [-0.2, -0.15) is 0 Å². The second-order valence-electron chi connectivity index (χ2n) is 3.17. The molecule has 0 spiro atoms. The predicted octanol–water partition coefficient (Wildman–Crippen LogP) is 0.969. The standard InChI is InChI=1S/C9H12N2O/c1-5-2-6(10)3-7-8(11)4-12-9(5)7/h2-3,8H,4,10-11H2,1H3. The maximum Gasteiger partial charge on any atom is 0.127 e. The van der Waals surface area contributed by atoms with Crippen LogP contribution in [0.3, 0.4) is 0 Å². The van der Waals surface area contributed by atoms with E-state index >= 15 is 0 Å². The molecule has 3 heteroatoms. The molecular weight excluding hydrogens is 152 g/mol. The van der Waals surface area contributed by atoms with E-state index in [1.165, 1.54) is 0 Å². The monoisotopic (exact) mass is 164 g/mol. The first-order valence-corrected chi connectivity index (χ1v) is 3.97. The van der Waals surface area contributed by atoms with Crippen molar-refractivity contribution >= 4 is 5.69 Å². The number of nitrogen functional groups attached to an aromatic ring is 1. The van der Waals surface area contributed by atoms with Crippen molar-refractivity contribution in [2.45, 2.75) is 13.0 Å². The largest absolute Gasteiger partial charge is 0.491 e. The van der Waals surface area contributed by atoms with E-state index in [1.807, 2.05) is 19.1 Å². The highest BCUT2D eigenvalue weighted by atomic mass is 16.5. The smallest absolute Gasteiger partial charge is 0.127 e. The predicted molar refractivity (Wildman–Crippen MR) is 48.0 cm³/mol.